The molecule has 2 aliphatic carbocycles. The summed E-state index contributed by atoms with van der Waals surface area (Å²) in [7, 11) is 0. The van der Waals surface area contributed by atoms with Crippen LogP contribution >= 0.6 is 0 Å². The number of hydrogen-bond acceptors (Lipinski definition) is 5. The maximum absolute atomic E-state index is 13.3. The van der Waals surface area contributed by atoms with Gasteiger partial charge in [0, 0.05) is 36.5 Å². The number of nitrogens with two attached hydrogens (primary N) is 1. The van der Waals surface area contributed by atoms with Crippen LogP contribution in [0.3, 0.4) is 0 Å². The number of rotatable bonds is 4. The van der Waals surface area contributed by atoms with Gasteiger partial charge in [0.15, 0.2) is 0 Å². The normalized spacial score (nSPS) is 29.3. The van der Waals surface area contributed by atoms with Crippen LogP contribution in [0.25, 0.3) is 11.3 Å². The standard InChI is InChI=1S/C22H26F3N5O/c23-22(24,25)17-5-12(7-27-21(17)26)18-6-19(30(28-18)13-3-1-2-4-13)20-15-8-29(9-16(15)20)14-10-31-11-14/h5-7,13-16,20H,1-4,8-11H2,(H2,26,27)/t15-,16-/m1/s1. The van der Waals surface area contributed by atoms with E-state index in [9.17, 15) is 13.2 Å². The first-order valence-corrected chi connectivity index (χ1v) is 11.1. The molecule has 2 saturated carbocycles. The van der Waals surface area contributed by atoms with Crippen molar-refractivity contribution >= 4 is 5.82 Å². The molecule has 4 heterocycles. The minimum Gasteiger partial charge on any atom is -0.383 e. The Morgan fingerprint density at radius 2 is 1.74 bits per heavy atom. The molecule has 2 saturated heterocycles. The molecule has 2 aromatic heterocycles. The van der Waals surface area contributed by atoms with Gasteiger partial charge in [-0.2, -0.15) is 18.3 Å². The Bertz CT molecular complexity index is 984. The minimum atomic E-state index is -4.54. The van der Waals surface area contributed by atoms with E-state index in [4.69, 9.17) is 15.6 Å². The highest BCUT2D eigenvalue weighted by Crippen LogP contribution is 2.59. The second kappa shape index (κ2) is 6.93. The van der Waals surface area contributed by atoms with Crippen molar-refractivity contribution in [3.8, 4) is 11.3 Å². The number of fused-ring (bicyclic) bond motifs is 1. The summed E-state index contributed by atoms with van der Waals surface area (Å²) in [6.07, 6.45) is 1.38. The summed E-state index contributed by atoms with van der Waals surface area (Å²) >= 11 is 0. The van der Waals surface area contributed by atoms with Crippen LogP contribution in [-0.4, -0.2) is 52.0 Å². The number of pyridine rings is 1. The minimum absolute atomic E-state index is 0.338. The summed E-state index contributed by atoms with van der Waals surface area (Å²) in [5.41, 5.74) is 6.72. The van der Waals surface area contributed by atoms with Crippen LogP contribution < -0.4 is 5.73 Å². The number of aromatic nitrogens is 3. The molecule has 0 bridgehead atoms. The zero-order chi connectivity index (χ0) is 21.3. The fourth-order valence-electron chi connectivity index (χ4n) is 5.81. The van der Waals surface area contributed by atoms with E-state index in [0.29, 0.717) is 41.1 Å². The molecule has 4 fully saturated rings. The number of piperidine rings is 1. The Morgan fingerprint density at radius 3 is 2.35 bits per heavy atom. The van der Waals surface area contributed by atoms with E-state index >= 15 is 0 Å². The van der Waals surface area contributed by atoms with Gasteiger partial charge >= 0.3 is 6.18 Å². The fraction of sp³-hybridized carbons (Fsp3) is 0.636. The van der Waals surface area contributed by atoms with Crippen LogP contribution in [0.5, 0.6) is 0 Å². The van der Waals surface area contributed by atoms with Gasteiger partial charge in [-0.3, -0.25) is 9.58 Å². The van der Waals surface area contributed by atoms with Gasteiger partial charge in [0.1, 0.15) is 5.82 Å². The van der Waals surface area contributed by atoms with Crippen LogP contribution in [0.1, 0.15) is 48.9 Å². The third-order valence-electron chi connectivity index (χ3n) is 7.66. The quantitative estimate of drug-likeness (QED) is 0.796. The molecule has 2 N–H and O–H groups in total. The van der Waals surface area contributed by atoms with E-state index in [1.165, 1.54) is 24.7 Å². The second-order valence-corrected chi connectivity index (χ2v) is 9.49. The molecule has 6 nitrogen and oxygen atoms in total. The van der Waals surface area contributed by atoms with Crippen molar-refractivity contribution in [2.45, 2.75) is 49.9 Å². The van der Waals surface area contributed by atoms with Gasteiger partial charge in [0.25, 0.3) is 0 Å². The predicted molar refractivity (Wildman–Crippen MR) is 108 cm³/mol. The molecule has 31 heavy (non-hydrogen) atoms. The van der Waals surface area contributed by atoms with E-state index in [1.807, 2.05) is 6.07 Å². The average Bonchev–Trinajstić information content (AvgIpc) is 3.17. The molecule has 4 aliphatic rings. The lowest BCUT2D eigenvalue weighted by atomic mass is 10.1. The highest BCUT2D eigenvalue weighted by atomic mass is 19.4. The van der Waals surface area contributed by atoms with E-state index in [-0.39, 0.29) is 0 Å². The van der Waals surface area contributed by atoms with Crippen molar-refractivity contribution in [2.24, 2.45) is 11.8 Å². The van der Waals surface area contributed by atoms with Gasteiger partial charge < -0.3 is 10.5 Å². The molecule has 0 spiro atoms. The molecule has 2 aliphatic heterocycles. The van der Waals surface area contributed by atoms with Gasteiger partial charge in [0.05, 0.1) is 36.6 Å². The fourth-order valence-corrected chi connectivity index (χ4v) is 5.81. The zero-order valence-corrected chi connectivity index (χ0v) is 17.2. The third-order valence-corrected chi connectivity index (χ3v) is 7.66. The second-order valence-electron chi connectivity index (χ2n) is 9.49. The molecule has 0 aromatic carbocycles. The molecular formula is C22H26F3N5O. The monoisotopic (exact) mass is 433 g/mol. The lowest BCUT2D eigenvalue weighted by molar-refractivity contribution is -0.137. The van der Waals surface area contributed by atoms with Gasteiger partial charge in [0.2, 0.25) is 0 Å². The molecule has 6 rings (SSSR count). The molecule has 0 unspecified atom stereocenters. The Labute approximate surface area is 178 Å². The van der Waals surface area contributed by atoms with Crippen molar-refractivity contribution in [1.29, 1.82) is 0 Å². The van der Waals surface area contributed by atoms with Gasteiger partial charge in [-0.15, -0.1) is 0 Å². The molecule has 0 radical (unpaired) electrons. The molecule has 0 amide bonds. The van der Waals surface area contributed by atoms with E-state index in [1.54, 1.807) is 0 Å². The van der Waals surface area contributed by atoms with Crippen LogP contribution in [-0.2, 0) is 10.9 Å². The SMILES string of the molecule is Nc1ncc(-c2cc(C3[C@@H]4CN(C5COC5)C[C@@H]34)n(C3CCCC3)n2)cc1C(F)(F)F. The number of nitrogens with zero attached hydrogens (tertiary/aromatic N) is 4. The number of likely N-dealkylation sites (tertiary alicyclic amines) is 1. The van der Waals surface area contributed by atoms with Crippen molar-refractivity contribution in [3.05, 3.63) is 29.6 Å². The van der Waals surface area contributed by atoms with Crippen molar-refractivity contribution < 1.29 is 17.9 Å². The number of hydrogen-bond donors (Lipinski definition) is 1. The number of halogens is 3. The summed E-state index contributed by atoms with van der Waals surface area (Å²) < 4.78 is 47.5. The number of anilines is 1. The van der Waals surface area contributed by atoms with Crippen LogP contribution in [0.15, 0.2) is 18.3 Å². The average molecular weight is 433 g/mol. The summed E-state index contributed by atoms with van der Waals surface area (Å²) in [4.78, 5) is 6.35. The lowest BCUT2D eigenvalue weighted by Gasteiger charge is -2.35. The summed E-state index contributed by atoms with van der Waals surface area (Å²) in [6, 6.07) is 3.99. The van der Waals surface area contributed by atoms with Gasteiger partial charge in [-0.25, -0.2) is 4.98 Å². The van der Waals surface area contributed by atoms with Crippen molar-refractivity contribution in [2.75, 3.05) is 32.0 Å². The molecule has 9 heteroatoms. The summed E-state index contributed by atoms with van der Waals surface area (Å²) in [5, 5.41) is 4.82. The highest BCUT2D eigenvalue weighted by molar-refractivity contribution is 5.63. The molecule has 2 atom stereocenters. The lowest BCUT2D eigenvalue weighted by Crippen LogP contribution is -2.48. The Hall–Kier alpha value is -2.13. The van der Waals surface area contributed by atoms with Crippen LogP contribution in [0.4, 0.5) is 19.0 Å². The predicted octanol–water partition coefficient (Wildman–Crippen LogP) is 3.71. The zero-order valence-electron chi connectivity index (χ0n) is 17.2. The van der Waals surface area contributed by atoms with Crippen LogP contribution in [0, 0.1) is 11.8 Å². The maximum atomic E-state index is 13.3. The number of ether oxygens (including phenoxy) is 1. The highest BCUT2D eigenvalue weighted by Gasteiger charge is 2.59. The van der Waals surface area contributed by atoms with E-state index < -0.39 is 17.6 Å². The van der Waals surface area contributed by atoms with Crippen molar-refractivity contribution in [1.82, 2.24) is 19.7 Å². The summed E-state index contributed by atoms with van der Waals surface area (Å²) in [5.74, 6) is 1.17. The Morgan fingerprint density at radius 1 is 1.03 bits per heavy atom. The number of alkyl halides is 3. The van der Waals surface area contributed by atoms with Crippen LogP contribution in [0.2, 0.25) is 0 Å². The van der Waals surface area contributed by atoms with Crippen molar-refractivity contribution in [3.63, 3.8) is 0 Å². The first kappa shape index (κ1) is 19.5. The topological polar surface area (TPSA) is 69.2 Å². The molecule has 2 aromatic rings. The maximum Gasteiger partial charge on any atom is 0.419 e. The van der Waals surface area contributed by atoms with Gasteiger partial charge in [-0.1, -0.05) is 12.8 Å². The Balaban J connectivity index is 1.32. The molecule has 166 valence electrons. The number of nitrogen functional groups attached to an aromatic ring is 1. The smallest absolute Gasteiger partial charge is 0.383 e. The largest absolute Gasteiger partial charge is 0.419 e. The Kier molecular flexibility index (Phi) is 4.37. The first-order valence-electron chi connectivity index (χ1n) is 11.1. The summed E-state index contributed by atoms with van der Waals surface area (Å²) in [6.45, 7) is 3.83. The molecular weight excluding hydrogens is 407 g/mol. The first-order chi connectivity index (χ1) is 14.9. The third kappa shape index (κ3) is 3.24. The van der Waals surface area contributed by atoms with Gasteiger partial charge in [-0.05, 0) is 36.8 Å². The van der Waals surface area contributed by atoms with E-state index in [0.717, 1.165) is 45.2 Å². The van der Waals surface area contributed by atoms with E-state index in [2.05, 4.69) is 14.6 Å².